The van der Waals surface area contributed by atoms with Crippen molar-refractivity contribution in [3.63, 3.8) is 0 Å². The number of nitrogens with zero attached hydrogens (tertiary/aromatic N) is 9. The molecule has 2 aliphatic heterocycles. The van der Waals surface area contributed by atoms with Crippen LogP contribution in [-0.2, 0) is 7.05 Å². The van der Waals surface area contributed by atoms with Crippen LogP contribution in [0.3, 0.4) is 0 Å². The number of hydrogen-bond acceptors (Lipinski definition) is 7. The molecule has 2 aromatic heterocycles. The fourth-order valence-corrected chi connectivity index (χ4v) is 4.06. The molecule has 34 heavy (non-hydrogen) atoms. The predicted octanol–water partition coefficient (Wildman–Crippen LogP) is 2.36. The molecule has 10 nitrogen and oxygen atoms in total. The lowest BCUT2D eigenvalue weighted by molar-refractivity contribution is 0.139. The van der Waals surface area contributed by atoms with Crippen molar-refractivity contribution >= 4 is 18.2 Å². The maximum Gasteiger partial charge on any atom is 0.341 e. The number of aromatic nitrogens is 5. The summed E-state index contributed by atoms with van der Waals surface area (Å²) in [6.45, 7) is 1.50. The molecule has 4 heterocycles. The van der Waals surface area contributed by atoms with Crippen molar-refractivity contribution in [1.29, 1.82) is 0 Å². The number of carbonyl (C=O) groups excluding carboxylic acids is 1. The largest absolute Gasteiger partial charge is 0.341 e. The zero-order valence-corrected chi connectivity index (χ0v) is 18.1. The van der Waals surface area contributed by atoms with Crippen molar-refractivity contribution in [1.82, 2.24) is 34.6 Å². The van der Waals surface area contributed by atoms with Gasteiger partial charge < -0.3 is 9.80 Å². The minimum atomic E-state index is -0.706. The molecule has 0 bridgehead atoms. The molecular weight excluding hydrogens is 451 g/mol. The number of amides is 2. The molecule has 0 saturated carbocycles. The van der Waals surface area contributed by atoms with Gasteiger partial charge in [-0.15, -0.1) is 0 Å². The van der Waals surface area contributed by atoms with Crippen molar-refractivity contribution < 1.29 is 18.0 Å². The summed E-state index contributed by atoms with van der Waals surface area (Å²) < 4.78 is 43.1. The third-order valence-electron chi connectivity index (χ3n) is 5.78. The molecule has 2 amide bonds. The van der Waals surface area contributed by atoms with Crippen LogP contribution >= 0.6 is 0 Å². The summed E-state index contributed by atoms with van der Waals surface area (Å²) in [6.07, 6.45) is 4.32. The van der Waals surface area contributed by atoms with Crippen molar-refractivity contribution in [2.24, 2.45) is 12.1 Å². The lowest BCUT2D eigenvalue weighted by Crippen LogP contribution is -2.52. The van der Waals surface area contributed by atoms with Crippen molar-refractivity contribution in [3.8, 4) is 11.5 Å². The minimum Gasteiger partial charge on any atom is -0.337 e. The van der Waals surface area contributed by atoms with Crippen LogP contribution in [0.1, 0.15) is 18.0 Å². The Morgan fingerprint density at radius 1 is 1.03 bits per heavy atom. The number of piperazine rings is 1. The summed E-state index contributed by atoms with van der Waals surface area (Å²) in [6, 6.07) is 2.27. The molecule has 0 aliphatic carbocycles. The van der Waals surface area contributed by atoms with Gasteiger partial charge in [0.15, 0.2) is 11.6 Å². The second-order valence-electron chi connectivity index (χ2n) is 7.93. The molecule has 13 heteroatoms. The molecule has 176 valence electrons. The molecule has 5 rings (SSSR count). The minimum absolute atomic E-state index is 0.0417. The van der Waals surface area contributed by atoms with E-state index in [0.717, 1.165) is 12.3 Å². The van der Waals surface area contributed by atoms with E-state index in [1.807, 2.05) is 4.90 Å². The van der Waals surface area contributed by atoms with Crippen LogP contribution in [0.4, 0.5) is 23.9 Å². The molecule has 2 aliphatic rings. The first-order valence-electron chi connectivity index (χ1n) is 10.6. The van der Waals surface area contributed by atoms with Gasteiger partial charge in [0.25, 0.3) is 0 Å². The molecule has 1 fully saturated rings. The number of aryl methyl sites for hydroxylation is 1. The third-order valence-corrected chi connectivity index (χ3v) is 5.78. The molecule has 0 unspecified atom stereocenters. The number of anilines is 1. The van der Waals surface area contributed by atoms with Crippen LogP contribution in [0.2, 0.25) is 0 Å². The summed E-state index contributed by atoms with van der Waals surface area (Å²) in [7, 11) is 1.64. The Morgan fingerprint density at radius 3 is 2.44 bits per heavy atom. The molecule has 1 aromatic carbocycles. The first-order valence-corrected chi connectivity index (χ1v) is 10.6. The Labute approximate surface area is 192 Å². The standard InChI is InChI=1S/C21H20F3N9O/c1-30-19(26-12-28-30)18-16(24)11-25-20(29-18)31-4-6-32(7-5-31)21(34)33-17(2-3-27-33)13-8-14(22)10-15(23)9-13/h3,8-12,17H,2,4-7H2,1H3/t17-/m0/s1. The zero-order valence-electron chi connectivity index (χ0n) is 18.1. The van der Waals surface area contributed by atoms with E-state index in [2.05, 4.69) is 25.2 Å². The smallest absolute Gasteiger partial charge is 0.337 e. The lowest BCUT2D eigenvalue weighted by Gasteiger charge is -2.37. The Morgan fingerprint density at radius 2 is 1.76 bits per heavy atom. The number of halogens is 3. The van der Waals surface area contributed by atoms with Crippen LogP contribution in [0.25, 0.3) is 11.5 Å². The van der Waals surface area contributed by atoms with Gasteiger partial charge in [0.2, 0.25) is 5.95 Å². The zero-order chi connectivity index (χ0) is 23.8. The fraction of sp³-hybridized carbons (Fsp3) is 0.333. The average molecular weight is 471 g/mol. The number of hydrogen-bond donors (Lipinski definition) is 0. The van der Waals surface area contributed by atoms with E-state index in [9.17, 15) is 18.0 Å². The van der Waals surface area contributed by atoms with E-state index in [0.29, 0.717) is 44.1 Å². The number of benzene rings is 1. The topological polar surface area (TPSA) is 95.6 Å². The second-order valence-corrected chi connectivity index (χ2v) is 7.93. The second kappa shape index (κ2) is 8.72. The highest BCUT2D eigenvalue weighted by molar-refractivity contribution is 5.78. The van der Waals surface area contributed by atoms with E-state index in [1.165, 1.54) is 28.2 Å². The monoisotopic (exact) mass is 471 g/mol. The SMILES string of the molecule is Cn1ncnc1-c1nc(N2CCN(C(=O)N3N=CC[C@H]3c3cc(F)cc(F)c3)CC2)ncc1F. The summed E-state index contributed by atoms with van der Waals surface area (Å²) in [4.78, 5) is 29.0. The predicted molar refractivity (Wildman–Crippen MR) is 115 cm³/mol. The first kappa shape index (κ1) is 21.8. The van der Waals surface area contributed by atoms with Gasteiger partial charge in [-0.2, -0.15) is 10.2 Å². The van der Waals surface area contributed by atoms with Gasteiger partial charge in [-0.1, -0.05) is 0 Å². The number of rotatable bonds is 3. The number of hydrazone groups is 1. The van der Waals surface area contributed by atoms with Crippen molar-refractivity contribution in [3.05, 3.63) is 53.7 Å². The van der Waals surface area contributed by atoms with Gasteiger partial charge in [-0.3, -0.25) is 0 Å². The van der Waals surface area contributed by atoms with Gasteiger partial charge in [-0.05, 0) is 17.7 Å². The lowest BCUT2D eigenvalue weighted by atomic mass is 10.0. The Hall–Kier alpha value is -4.03. The molecule has 0 radical (unpaired) electrons. The first-order chi connectivity index (χ1) is 16.4. The van der Waals surface area contributed by atoms with Gasteiger partial charge in [0.1, 0.15) is 23.7 Å². The summed E-state index contributed by atoms with van der Waals surface area (Å²) in [5.41, 5.74) is 0.387. The van der Waals surface area contributed by atoms with Gasteiger partial charge in [-0.25, -0.2) is 42.6 Å². The summed E-state index contributed by atoms with van der Waals surface area (Å²) in [5, 5.41) is 9.34. The highest BCUT2D eigenvalue weighted by Gasteiger charge is 2.34. The van der Waals surface area contributed by atoms with Crippen LogP contribution in [-0.4, -0.2) is 73.1 Å². The molecule has 1 atom stereocenters. The third kappa shape index (κ3) is 4.04. The van der Waals surface area contributed by atoms with Crippen LogP contribution in [0.15, 0.2) is 35.8 Å². The van der Waals surface area contributed by atoms with Crippen molar-refractivity contribution in [2.75, 3.05) is 31.1 Å². The Bertz CT molecular complexity index is 1240. The molecule has 0 spiro atoms. The summed E-state index contributed by atoms with van der Waals surface area (Å²) in [5.74, 6) is -1.42. The quantitative estimate of drug-likeness (QED) is 0.582. The van der Waals surface area contributed by atoms with E-state index in [4.69, 9.17) is 0 Å². The van der Waals surface area contributed by atoms with E-state index in [-0.39, 0.29) is 17.5 Å². The highest BCUT2D eigenvalue weighted by atomic mass is 19.1. The van der Waals surface area contributed by atoms with E-state index < -0.39 is 23.5 Å². The molecule has 1 saturated heterocycles. The van der Waals surface area contributed by atoms with Crippen LogP contribution in [0, 0.1) is 17.5 Å². The van der Waals surface area contributed by atoms with Crippen LogP contribution in [0.5, 0.6) is 0 Å². The van der Waals surface area contributed by atoms with E-state index in [1.54, 1.807) is 18.2 Å². The average Bonchev–Trinajstić information content (AvgIpc) is 3.48. The van der Waals surface area contributed by atoms with Crippen LogP contribution < -0.4 is 4.90 Å². The maximum atomic E-state index is 14.3. The van der Waals surface area contributed by atoms with Gasteiger partial charge in [0.05, 0.1) is 12.2 Å². The highest BCUT2D eigenvalue weighted by Crippen LogP contribution is 2.30. The summed E-state index contributed by atoms with van der Waals surface area (Å²) >= 11 is 0. The molecule has 0 N–H and O–H groups in total. The normalized spacial score (nSPS) is 18.1. The van der Waals surface area contributed by atoms with Gasteiger partial charge in [0, 0.05) is 51.9 Å². The number of carbonyl (C=O) groups is 1. The van der Waals surface area contributed by atoms with Gasteiger partial charge >= 0.3 is 6.03 Å². The number of urea groups is 1. The maximum absolute atomic E-state index is 14.3. The Kier molecular flexibility index (Phi) is 5.59. The Balaban J connectivity index is 1.28. The molecular formula is C21H20F3N9O. The fourth-order valence-electron chi connectivity index (χ4n) is 4.06. The van der Waals surface area contributed by atoms with Crippen molar-refractivity contribution in [2.45, 2.75) is 12.5 Å². The molecule has 3 aromatic rings. The van der Waals surface area contributed by atoms with E-state index >= 15 is 0 Å².